The Balaban J connectivity index is 1.72. The lowest BCUT2D eigenvalue weighted by Crippen LogP contribution is -2.28. The van der Waals surface area contributed by atoms with Gasteiger partial charge in [0.25, 0.3) is 11.5 Å². The average Bonchev–Trinajstić information content (AvgIpc) is 2.66. The molecule has 0 saturated carbocycles. The zero-order valence-corrected chi connectivity index (χ0v) is 14.6. The molecular weight excluding hydrogens is 330 g/mol. The molecule has 0 bridgehead atoms. The Morgan fingerprint density at radius 3 is 2.81 bits per heavy atom. The van der Waals surface area contributed by atoms with Crippen LogP contribution in [-0.4, -0.2) is 28.8 Å². The number of nitrogens with one attached hydrogen (secondary N) is 1. The molecule has 0 atom stereocenters. The van der Waals surface area contributed by atoms with Gasteiger partial charge in [0.05, 0.1) is 12.2 Å². The monoisotopic (exact) mass is 351 g/mol. The molecule has 0 fully saturated rings. The molecule has 1 aromatic heterocycles. The highest BCUT2D eigenvalue weighted by Gasteiger charge is 2.16. The Morgan fingerprint density at radius 2 is 2.00 bits per heavy atom. The molecule has 134 valence electrons. The predicted molar refractivity (Wildman–Crippen MR) is 101 cm³/mol. The molecule has 0 unspecified atom stereocenters. The Hall–Kier alpha value is -3.15. The number of carbonyl (C=O) groups is 1. The van der Waals surface area contributed by atoms with Crippen LogP contribution in [0.3, 0.4) is 0 Å². The van der Waals surface area contributed by atoms with Crippen molar-refractivity contribution in [1.29, 1.82) is 0 Å². The van der Waals surface area contributed by atoms with Gasteiger partial charge in [-0.2, -0.15) is 5.10 Å². The second-order valence-electron chi connectivity index (χ2n) is 5.79. The van der Waals surface area contributed by atoms with Gasteiger partial charge in [0.1, 0.15) is 5.75 Å². The lowest BCUT2D eigenvalue weighted by atomic mass is 10.0. The van der Waals surface area contributed by atoms with Crippen molar-refractivity contribution in [2.75, 3.05) is 13.2 Å². The summed E-state index contributed by atoms with van der Waals surface area (Å²) >= 11 is 0. The number of carbonyl (C=O) groups excluding carboxylic acids is 1. The van der Waals surface area contributed by atoms with Crippen molar-refractivity contribution in [2.45, 2.75) is 19.9 Å². The fourth-order valence-corrected chi connectivity index (χ4v) is 2.84. The van der Waals surface area contributed by atoms with E-state index in [-0.39, 0.29) is 11.5 Å². The first kappa shape index (κ1) is 17.7. The molecule has 0 aliphatic heterocycles. The molecule has 3 aromatic rings. The SMILES string of the molecule is CCOc1ccc2ccccc2c1C(=O)NCCCn1ncccc1=O. The normalized spacial score (nSPS) is 10.7. The van der Waals surface area contributed by atoms with Gasteiger partial charge in [-0.05, 0) is 36.2 Å². The molecule has 0 saturated heterocycles. The number of hydrogen-bond donors (Lipinski definition) is 1. The van der Waals surface area contributed by atoms with Gasteiger partial charge < -0.3 is 10.1 Å². The van der Waals surface area contributed by atoms with Crippen LogP contribution in [0.1, 0.15) is 23.7 Å². The lowest BCUT2D eigenvalue weighted by Gasteiger charge is -2.13. The summed E-state index contributed by atoms with van der Waals surface area (Å²) in [4.78, 5) is 24.4. The largest absolute Gasteiger partial charge is 0.493 e. The molecule has 0 spiro atoms. The van der Waals surface area contributed by atoms with E-state index in [2.05, 4.69) is 10.4 Å². The van der Waals surface area contributed by atoms with E-state index in [4.69, 9.17) is 4.74 Å². The third kappa shape index (κ3) is 3.91. The molecule has 6 heteroatoms. The van der Waals surface area contributed by atoms with Gasteiger partial charge in [-0.25, -0.2) is 4.68 Å². The van der Waals surface area contributed by atoms with E-state index in [0.717, 1.165) is 10.8 Å². The molecule has 1 heterocycles. The highest BCUT2D eigenvalue weighted by Crippen LogP contribution is 2.28. The number of fused-ring (bicyclic) bond motifs is 1. The molecule has 26 heavy (non-hydrogen) atoms. The van der Waals surface area contributed by atoms with Crippen LogP contribution in [0.15, 0.2) is 59.5 Å². The number of amides is 1. The summed E-state index contributed by atoms with van der Waals surface area (Å²) in [5.74, 6) is 0.392. The zero-order chi connectivity index (χ0) is 18.4. The van der Waals surface area contributed by atoms with E-state index in [1.165, 1.54) is 10.7 Å². The van der Waals surface area contributed by atoms with E-state index in [1.807, 2.05) is 43.3 Å². The number of rotatable bonds is 7. The van der Waals surface area contributed by atoms with Crippen LogP contribution in [0.4, 0.5) is 0 Å². The van der Waals surface area contributed by atoms with Gasteiger partial charge in [-0.3, -0.25) is 9.59 Å². The van der Waals surface area contributed by atoms with E-state index in [0.29, 0.717) is 37.4 Å². The molecule has 3 rings (SSSR count). The maximum Gasteiger partial charge on any atom is 0.266 e. The Bertz CT molecular complexity index is 966. The summed E-state index contributed by atoms with van der Waals surface area (Å²) in [5.41, 5.74) is 0.395. The summed E-state index contributed by atoms with van der Waals surface area (Å²) in [6.45, 7) is 3.27. The van der Waals surface area contributed by atoms with Crippen LogP contribution in [0.5, 0.6) is 5.75 Å². The van der Waals surface area contributed by atoms with Gasteiger partial charge in [-0.15, -0.1) is 0 Å². The fraction of sp³-hybridized carbons (Fsp3) is 0.250. The van der Waals surface area contributed by atoms with Crippen molar-refractivity contribution in [1.82, 2.24) is 15.1 Å². The van der Waals surface area contributed by atoms with Crippen LogP contribution in [0.2, 0.25) is 0 Å². The van der Waals surface area contributed by atoms with Gasteiger partial charge in [-0.1, -0.05) is 30.3 Å². The molecule has 0 aliphatic rings. The molecule has 2 aromatic carbocycles. The third-order valence-electron chi connectivity index (χ3n) is 4.04. The smallest absolute Gasteiger partial charge is 0.266 e. The number of ether oxygens (including phenoxy) is 1. The maximum absolute atomic E-state index is 12.8. The molecule has 0 aliphatic carbocycles. The summed E-state index contributed by atoms with van der Waals surface area (Å²) in [6, 6.07) is 14.6. The van der Waals surface area contributed by atoms with Crippen LogP contribution in [0.25, 0.3) is 10.8 Å². The molecule has 0 radical (unpaired) electrons. The summed E-state index contributed by atoms with van der Waals surface area (Å²) in [5, 5.41) is 8.77. The van der Waals surface area contributed by atoms with E-state index in [9.17, 15) is 9.59 Å². The van der Waals surface area contributed by atoms with E-state index >= 15 is 0 Å². The number of aryl methyl sites for hydroxylation is 1. The summed E-state index contributed by atoms with van der Waals surface area (Å²) < 4.78 is 7.03. The third-order valence-corrected chi connectivity index (χ3v) is 4.04. The van der Waals surface area contributed by atoms with Crippen LogP contribution in [0, 0.1) is 0 Å². The van der Waals surface area contributed by atoms with Crippen LogP contribution < -0.4 is 15.6 Å². The van der Waals surface area contributed by atoms with Crippen molar-refractivity contribution in [3.8, 4) is 5.75 Å². The first-order chi connectivity index (χ1) is 12.7. The van der Waals surface area contributed by atoms with Gasteiger partial charge in [0.15, 0.2) is 0 Å². The topological polar surface area (TPSA) is 73.2 Å². The number of aromatic nitrogens is 2. The molecular formula is C20H21N3O3. The molecule has 1 N–H and O–H groups in total. The standard InChI is InChI=1S/C20H21N3O3/c1-2-26-17-11-10-15-7-3-4-8-16(15)19(17)20(25)21-12-6-14-23-18(24)9-5-13-22-23/h3-5,7-11,13H,2,6,12,14H2,1H3,(H,21,25). The number of hydrogen-bond acceptors (Lipinski definition) is 4. The van der Waals surface area contributed by atoms with Crippen molar-refractivity contribution in [3.63, 3.8) is 0 Å². The van der Waals surface area contributed by atoms with Gasteiger partial charge in [0, 0.05) is 25.4 Å². The van der Waals surface area contributed by atoms with Gasteiger partial charge in [0.2, 0.25) is 0 Å². The zero-order valence-electron chi connectivity index (χ0n) is 14.6. The van der Waals surface area contributed by atoms with Crippen LogP contribution in [-0.2, 0) is 6.54 Å². The lowest BCUT2D eigenvalue weighted by molar-refractivity contribution is 0.0950. The molecule has 6 nitrogen and oxygen atoms in total. The number of nitrogens with zero attached hydrogens (tertiary/aromatic N) is 2. The molecule has 1 amide bonds. The average molecular weight is 351 g/mol. The minimum absolute atomic E-state index is 0.147. The fourth-order valence-electron chi connectivity index (χ4n) is 2.84. The maximum atomic E-state index is 12.8. The van der Waals surface area contributed by atoms with Crippen molar-refractivity contribution >= 4 is 16.7 Å². The quantitative estimate of drug-likeness (QED) is 0.664. The van der Waals surface area contributed by atoms with Crippen molar-refractivity contribution in [2.24, 2.45) is 0 Å². The highest BCUT2D eigenvalue weighted by molar-refractivity contribution is 6.09. The van der Waals surface area contributed by atoms with Crippen LogP contribution >= 0.6 is 0 Å². The van der Waals surface area contributed by atoms with Crippen molar-refractivity contribution in [3.05, 3.63) is 70.6 Å². The Kier molecular flexibility index (Phi) is 5.63. The van der Waals surface area contributed by atoms with Gasteiger partial charge >= 0.3 is 0 Å². The Labute approximate surface area is 151 Å². The summed E-state index contributed by atoms with van der Waals surface area (Å²) in [7, 11) is 0. The second-order valence-corrected chi connectivity index (χ2v) is 5.79. The Morgan fingerprint density at radius 1 is 1.15 bits per heavy atom. The van der Waals surface area contributed by atoms with E-state index < -0.39 is 0 Å². The number of benzene rings is 2. The summed E-state index contributed by atoms with van der Waals surface area (Å²) in [6.07, 6.45) is 2.18. The highest BCUT2D eigenvalue weighted by atomic mass is 16.5. The first-order valence-corrected chi connectivity index (χ1v) is 8.65. The second kappa shape index (κ2) is 8.29. The predicted octanol–water partition coefficient (Wildman–Crippen LogP) is 2.62. The minimum atomic E-state index is -0.182. The first-order valence-electron chi connectivity index (χ1n) is 8.65. The minimum Gasteiger partial charge on any atom is -0.493 e. The van der Waals surface area contributed by atoms with E-state index in [1.54, 1.807) is 12.3 Å². The van der Waals surface area contributed by atoms with Crippen molar-refractivity contribution < 1.29 is 9.53 Å².